The maximum atomic E-state index is 6.36. The fourth-order valence-electron chi connectivity index (χ4n) is 3.88. The second-order valence-electron chi connectivity index (χ2n) is 6.89. The van der Waals surface area contributed by atoms with E-state index < -0.39 is 6.23 Å². The number of hydrazone groups is 1. The SMILES string of the molecule is COc1ccc([C@@H]2Oc3ccc(Cl)cc3[C@H]3CC(c4ccco4)=NN32)cc1OC. The highest BCUT2D eigenvalue weighted by Crippen LogP contribution is 2.48. The first-order valence-electron chi connectivity index (χ1n) is 9.25. The molecular weight excluding hydrogens is 392 g/mol. The predicted octanol–water partition coefficient (Wildman–Crippen LogP) is 5.19. The molecule has 2 aliphatic rings. The summed E-state index contributed by atoms with van der Waals surface area (Å²) in [6.07, 6.45) is 1.94. The van der Waals surface area contributed by atoms with Gasteiger partial charge >= 0.3 is 0 Å². The molecule has 0 amide bonds. The Morgan fingerprint density at radius 3 is 2.69 bits per heavy atom. The fraction of sp³-hybridized carbons (Fsp3) is 0.227. The predicted molar refractivity (Wildman–Crippen MR) is 109 cm³/mol. The van der Waals surface area contributed by atoms with Crippen molar-refractivity contribution in [2.45, 2.75) is 18.7 Å². The van der Waals surface area contributed by atoms with Gasteiger partial charge in [-0.1, -0.05) is 11.6 Å². The zero-order valence-corrected chi connectivity index (χ0v) is 16.7. The monoisotopic (exact) mass is 410 g/mol. The van der Waals surface area contributed by atoms with Gasteiger partial charge in [0.05, 0.1) is 26.5 Å². The third kappa shape index (κ3) is 3.00. The van der Waals surface area contributed by atoms with Gasteiger partial charge in [0.15, 0.2) is 11.5 Å². The van der Waals surface area contributed by atoms with Crippen molar-refractivity contribution >= 4 is 17.3 Å². The highest BCUT2D eigenvalue weighted by Gasteiger charge is 2.41. The van der Waals surface area contributed by atoms with Crippen LogP contribution in [-0.2, 0) is 0 Å². The molecule has 0 spiro atoms. The third-order valence-electron chi connectivity index (χ3n) is 5.25. The van der Waals surface area contributed by atoms with Gasteiger partial charge in [-0.3, -0.25) is 0 Å². The van der Waals surface area contributed by atoms with Crippen LogP contribution in [0.15, 0.2) is 64.3 Å². The van der Waals surface area contributed by atoms with Crippen molar-refractivity contribution in [2.75, 3.05) is 14.2 Å². The minimum Gasteiger partial charge on any atom is -0.493 e. The van der Waals surface area contributed by atoms with Crippen molar-refractivity contribution in [2.24, 2.45) is 5.10 Å². The molecular formula is C22H19ClN2O4. The van der Waals surface area contributed by atoms with Crippen LogP contribution in [0.2, 0.25) is 5.02 Å². The minimum atomic E-state index is -0.416. The molecule has 148 valence electrons. The van der Waals surface area contributed by atoms with Gasteiger partial charge in [0, 0.05) is 22.6 Å². The van der Waals surface area contributed by atoms with Gasteiger partial charge in [0.2, 0.25) is 6.23 Å². The highest BCUT2D eigenvalue weighted by atomic mass is 35.5. The molecule has 5 rings (SSSR count). The van der Waals surface area contributed by atoms with Crippen LogP contribution in [0.3, 0.4) is 0 Å². The lowest BCUT2D eigenvalue weighted by atomic mass is 9.97. The third-order valence-corrected chi connectivity index (χ3v) is 5.49. The molecule has 0 radical (unpaired) electrons. The van der Waals surface area contributed by atoms with Crippen LogP contribution < -0.4 is 14.2 Å². The van der Waals surface area contributed by atoms with Crippen molar-refractivity contribution in [3.05, 3.63) is 76.7 Å². The van der Waals surface area contributed by atoms with E-state index in [-0.39, 0.29) is 6.04 Å². The van der Waals surface area contributed by atoms with E-state index in [1.165, 1.54) is 0 Å². The van der Waals surface area contributed by atoms with E-state index in [0.717, 1.165) is 28.3 Å². The van der Waals surface area contributed by atoms with Gasteiger partial charge in [-0.05, 0) is 48.5 Å². The second-order valence-corrected chi connectivity index (χ2v) is 7.33. The molecule has 2 aromatic carbocycles. The molecule has 7 heteroatoms. The van der Waals surface area contributed by atoms with Crippen LogP contribution in [0.1, 0.15) is 35.6 Å². The number of nitrogens with zero attached hydrogens (tertiary/aromatic N) is 2. The molecule has 0 unspecified atom stereocenters. The molecule has 0 aliphatic carbocycles. The number of furan rings is 1. The first-order chi connectivity index (χ1) is 14.2. The second kappa shape index (κ2) is 7.04. The summed E-state index contributed by atoms with van der Waals surface area (Å²) in [5.74, 6) is 2.86. The molecule has 29 heavy (non-hydrogen) atoms. The van der Waals surface area contributed by atoms with Gasteiger partial charge in [0.25, 0.3) is 0 Å². The van der Waals surface area contributed by atoms with E-state index in [1.54, 1.807) is 20.5 Å². The lowest BCUT2D eigenvalue weighted by Gasteiger charge is -2.38. The number of ether oxygens (including phenoxy) is 3. The Labute approximate surface area is 173 Å². The first-order valence-corrected chi connectivity index (χ1v) is 9.63. The number of halogens is 1. The number of hydrogen-bond acceptors (Lipinski definition) is 6. The Kier molecular flexibility index (Phi) is 4.36. The summed E-state index contributed by atoms with van der Waals surface area (Å²) in [6.45, 7) is 0. The van der Waals surface area contributed by atoms with Crippen LogP contribution in [0.5, 0.6) is 17.2 Å². The molecule has 0 N–H and O–H groups in total. The molecule has 0 saturated heterocycles. The molecule has 0 bridgehead atoms. The summed E-state index contributed by atoms with van der Waals surface area (Å²) in [5, 5.41) is 7.49. The lowest BCUT2D eigenvalue weighted by Crippen LogP contribution is -2.33. The van der Waals surface area contributed by atoms with Gasteiger partial charge in [-0.2, -0.15) is 5.10 Å². The smallest absolute Gasteiger partial charge is 0.214 e. The summed E-state index contributed by atoms with van der Waals surface area (Å²) in [5.41, 5.74) is 2.80. The van der Waals surface area contributed by atoms with Crippen molar-refractivity contribution < 1.29 is 18.6 Å². The number of fused-ring (bicyclic) bond motifs is 3. The molecule has 0 saturated carbocycles. The summed E-state index contributed by atoms with van der Waals surface area (Å²) < 4.78 is 22.8. The Morgan fingerprint density at radius 1 is 1.07 bits per heavy atom. The average Bonchev–Trinajstić information content (AvgIpc) is 3.42. The minimum absolute atomic E-state index is 0.00403. The van der Waals surface area contributed by atoms with Crippen LogP contribution in [0.25, 0.3) is 0 Å². The van der Waals surface area contributed by atoms with E-state index in [1.807, 2.05) is 53.5 Å². The molecule has 3 heterocycles. The van der Waals surface area contributed by atoms with Gasteiger partial charge in [-0.15, -0.1) is 0 Å². The largest absolute Gasteiger partial charge is 0.493 e. The number of rotatable bonds is 4. The highest BCUT2D eigenvalue weighted by molar-refractivity contribution is 6.30. The summed E-state index contributed by atoms with van der Waals surface area (Å²) in [6, 6.07) is 15.2. The normalized spacial score (nSPS) is 19.8. The summed E-state index contributed by atoms with van der Waals surface area (Å²) in [4.78, 5) is 0. The van der Waals surface area contributed by atoms with Gasteiger partial charge in [0.1, 0.15) is 17.2 Å². The van der Waals surface area contributed by atoms with E-state index >= 15 is 0 Å². The van der Waals surface area contributed by atoms with E-state index in [2.05, 4.69) is 0 Å². The fourth-order valence-corrected chi connectivity index (χ4v) is 4.06. The Balaban J connectivity index is 1.60. The van der Waals surface area contributed by atoms with Crippen LogP contribution in [0.4, 0.5) is 0 Å². The molecule has 2 aliphatic heterocycles. The standard InChI is InChI=1S/C22H19ClN2O4/c1-26-20-7-5-13(10-21(20)27-2)22-25-17(12-16(24-25)19-4-3-9-28-19)15-11-14(23)6-8-18(15)29-22/h3-11,17,22H,12H2,1-2H3/t17-,22+/m1/s1. The zero-order chi connectivity index (χ0) is 20.0. The summed E-state index contributed by atoms with van der Waals surface area (Å²) >= 11 is 6.27. The molecule has 1 aromatic heterocycles. The first kappa shape index (κ1) is 17.9. The Hall–Kier alpha value is -3.12. The van der Waals surface area contributed by atoms with Crippen molar-refractivity contribution in [1.29, 1.82) is 0 Å². The Morgan fingerprint density at radius 2 is 1.93 bits per heavy atom. The van der Waals surface area contributed by atoms with Crippen molar-refractivity contribution in [3.8, 4) is 17.2 Å². The number of benzene rings is 2. The van der Waals surface area contributed by atoms with E-state index in [0.29, 0.717) is 22.9 Å². The van der Waals surface area contributed by atoms with Crippen LogP contribution in [0, 0.1) is 0 Å². The molecule has 3 aromatic rings. The van der Waals surface area contributed by atoms with E-state index in [9.17, 15) is 0 Å². The lowest BCUT2D eigenvalue weighted by molar-refractivity contribution is -0.0191. The molecule has 0 fully saturated rings. The number of methoxy groups -OCH3 is 2. The maximum absolute atomic E-state index is 6.36. The van der Waals surface area contributed by atoms with Crippen LogP contribution >= 0.6 is 11.6 Å². The Bertz CT molecular complexity index is 1080. The van der Waals surface area contributed by atoms with E-state index in [4.69, 9.17) is 35.3 Å². The summed E-state index contributed by atoms with van der Waals surface area (Å²) in [7, 11) is 3.23. The molecule has 6 nitrogen and oxygen atoms in total. The average molecular weight is 411 g/mol. The van der Waals surface area contributed by atoms with Crippen molar-refractivity contribution in [3.63, 3.8) is 0 Å². The topological polar surface area (TPSA) is 56.4 Å². The maximum Gasteiger partial charge on any atom is 0.214 e. The quantitative estimate of drug-likeness (QED) is 0.592. The van der Waals surface area contributed by atoms with Crippen LogP contribution in [-0.4, -0.2) is 24.9 Å². The van der Waals surface area contributed by atoms with Crippen molar-refractivity contribution in [1.82, 2.24) is 5.01 Å². The van der Waals surface area contributed by atoms with Gasteiger partial charge in [-0.25, -0.2) is 5.01 Å². The zero-order valence-electron chi connectivity index (χ0n) is 16.0. The molecule has 2 atom stereocenters. The van der Waals surface area contributed by atoms with Gasteiger partial charge < -0.3 is 18.6 Å². The number of hydrogen-bond donors (Lipinski definition) is 0.